The molecule has 0 aromatic heterocycles. The fourth-order valence-corrected chi connectivity index (χ4v) is 2.80. The third kappa shape index (κ3) is 5.65. The van der Waals surface area contributed by atoms with Crippen molar-refractivity contribution in [3.63, 3.8) is 0 Å². The summed E-state index contributed by atoms with van der Waals surface area (Å²) in [6.07, 6.45) is -3.62. The first-order valence-electron chi connectivity index (χ1n) is 8.16. The van der Waals surface area contributed by atoms with Crippen molar-refractivity contribution in [2.75, 3.05) is 19.7 Å². The first-order chi connectivity index (χ1) is 11.8. The molecule has 1 aromatic rings. The quantitative estimate of drug-likeness (QED) is 0.900. The smallest absolute Gasteiger partial charge is 0.416 e. The van der Waals surface area contributed by atoms with Crippen LogP contribution in [0.2, 0.25) is 0 Å². The molecule has 1 aromatic carbocycles. The molecule has 5 nitrogen and oxygen atoms in total. The van der Waals surface area contributed by atoms with Crippen LogP contribution in [0.25, 0.3) is 0 Å². The Bertz CT molecular complexity index is 619. The molecule has 1 saturated heterocycles. The number of likely N-dealkylation sites (tertiary alicyclic amines) is 1. The van der Waals surface area contributed by atoms with Crippen molar-refractivity contribution < 1.29 is 27.5 Å². The number of hydrogen-bond donors (Lipinski definition) is 1. The molecule has 8 heteroatoms. The van der Waals surface area contributed by atoms with Gasteiger partial charge in [0.15, 0.2) is 0 Å². The van der Waals surface area contributed by atoms with Gasteiger partial charge in [0.2, 0.25) is 5.91 Å². The zero-order chi connectivity index (χ0) is 18.4. The molecule has 1 N–H and O–H groups in total. The standard InChI is InChI=1S/C17H21F3N2O3/c1-2-25-16(24)21-14-7-4-8-22(11-14)15(23)10-12-5-3-6-13(9-12)17(18,19)20/h3,5-6,9,14H,2,4,7-8,10-11H2,1H3,(H,21,24)/t14-/m0/s1. The molecule has 2 amide bonds. The van der Waals surface area contributed by atoms with Crippen molar-refractivity contribution in [3.8, 4) is 0 Å². The number of carbonyl (C=O) groups is 2. The molecule has 25 heavy (non-hydrogen) atoms. The summed E-state index contributed by atoms with van der Waals surface area (Å²) in [5.74, 6) is -0.255. The predicted molar refractivity (Wildman–Crippen MR) is 84.9 cm³/mol. The largest absolute Gasteiger partial charge is 0.450 e. The Kier molecular flexibility index (Phi) is 6.27. The molecule has 1 aliphatic rings. The molecule has 1 aliphatic heterocycles. The molecule has 0 bridgehead atoms. The van der Waals surface area contributed by atoms with Crippen molar-refractivity contribution in [1.82, 2.24) is 10.2 Å². The van der Waals surface area contributed by atoms with Gasteiger partial charge in [-0.15, -0.1) is 0 Å². The molecule has 0 saturated carbocycles. The van der Waals surface area contributed by atoms with E-state index in [0.29, 0.717) is 25.1 Å². The number of amides is 2. The number of piperidine rings is 1. The van der Waals surface area contributed by atoms with Gasteiger partial charge in [-0.25, -0.2) is 4.79 Å². The van der Waals surface area contributed by atoms with Gasteiger partial charge in [-0.1, -0.05) is 18.2 Å². The van der Waals surface area contributed by atoms with E-state index < -0.39 is 17.8 Å². The summed E-state index contributed by atoms with van der Waals surface area (Å²) < 4.78 is 43.1. The van der Waals surface area contributed by atoms with Crippen molar-refractivity contribution in [3.05, 3.63) is 35.4 Å². The number of halogens is 3. The van der Waals surface area contributed by atoms with E-state index in [-0.39, 0.29) is 25.0 Å². The fraction of sp³-hybridized carbons (Fsp3) is 0.529. The highest BCUT2D eigenvalue weighted by atomic mass is 19.4. The molecule has 0 radical (unpaired) electrons. The summed E-state index contributed by atoms with van der Waals surface area (Å²) in [5, 5.41) is 2.69. The lowest BCUT2D eigenvalue weighted by atomic mass is 10.0. The van der Waals surface area contributed by atoms with Gasteiger partial charge < -0.3 is 15.0 Å². The van der Waals surface area contributed by atoms with Crippen LogP contribution in [0.4, 0.5) is 18.0 Å². The van der Waals surface area contributed by atoms with Crippen LogP contribution in [-0.4, -0.2) is 42.6 Å². The van der Waals surface area contributed by atoms with E-state index >= 15 is 0 Å². The van der Waals surface area contributed by atoms with E-state index in [4.69, 9.17) is 4.74 Å². The number of ether oxygens (including phenoxy) is 1. The average Bonchev–Trinajstić information content (AvgIpc) is 2.54. The molecule has 138 valence electrons. The van der Waals surface area contributed by atoms with E-state index in [1.165, 1.54) is 12.1 Å². The van der Waals surface area contributed by atoms with Gasteiger partial charge in [0.1, 0.15) is 0 Å². The van der Waals surface area contributed by atoms with Crippen LogP contribution in [0.5, 0.6) is 0 Å². The highest BCUT2D eigenvalue weighted by molar-refractivity contribution is 5.79. The van der Waals surface area contributed by atoms with Gasteiger partial charge in [-0.2, -0.15) is 13.2 Å². The summed E-state index contributed by atoms with van der Waals surface area (Å²) in [6.45, 7) is 2.82. The maximum atomic E-state index is 12.7. The first-order valence-corrected chi connectivity index (χ1v) is 8.16. The molecule has 1 heterocycles. The number of rotatable bonds is 4. The summed E-state index contributed by atoms with van der Waals surface area (Å²) >= 11 is 0. The number of benzene rings is 1. The molecule has 0 unspecified atom stereocenters. The van der Waals surface area contributed by atoms with E-state index in [1.54, 1.807) is 11.8 Å². The van der Waals surface area contributed by atoms with Crippen LogP contribution in [-0.2, 0) is 22.1 Å². The summed E-state index contributed by atoms with van der Waals surface area (Å²) in [7, 11) is 0. The van der Waals surface area contributed by atoms with Crippen molar-refractivity contribution >= 4 is 12.0 Å². The maximum Gasteiger partial charge on any atom is 0.416 e. The lowest BCUT2D eigenvalue weighted by molar-refractivity contribution is -0.138. The summed E-state index contributed by atoms with van der Waals surface area (Å²) in [5.41, 5.74) is -0.446. The van der Waals surface area contributed by atoms with Gasteiger partial charge in [0.25, 0.3) is 0 Å². The van der Waals surface area contributed by atoms with E-state index in [1.807, 2.05) is 0 Å². The van der Waals surface area contributed by atoms with Gasteiger partial charge in [-0.3, -0.25) is 4.79 Å². The van der Waals surface area contributed by atoms with Crippen LogP contribution >= 0.6 is 0 Å². The predicted octanol–water partition coefficient (Wildman–Crippen LogP) is 2.99. The minimum absolute atomic E-state index is 0.101. The van der Waals surface area contributed by atoms with Crippen molar-refractivity contribution in [2.24, 2.45) is 0 Å². The highest BCUT2D eigenvalue weighted by Gasteiger charge is 2.31. The van der Waals surface area contributed by atoms with Crippen LogP contribution in [0.15, 0.2) is 24.3 Å². The number of nitrogens with zero attached hydrogens (tertiary/aromatic N) is 1. The zero-order valence-corrected chi connectivity index (χ0v) is 13.9. The molecular weight excluding hydrogens is 337 g/mol. The van der Waals surface area contributed by atoms with E-state index in [2.05, 4.69) is 5.32 Å². The Morgan fingerprint density at radius 1 is 1.36 bits per heavy atom. The summed E-state index contributed by atoms with van der Waals surface area (Å²) in [6, 6.07) is 4.57. The second-order valence-corrected chi connectivity index (χ2v) is 5.92. The molecule has 0 spiro atoms. The van der Waals surface area contributed by atoms with E-state index in [0.717, 1.165) is 18.6 Å². The zero-order valence-electron chi connectivity index (χ0n) is 13.9. The van der Waals surface area contributed by atoms with Gasteiger partial charge in [0, 0.05) is 19.1 Å². The Hall–Kier alpha value is -2.25. The van der Waals surface area contributed by atoms with Gasteiger partial charge in [0.05, 0.1) is 18.6 Å². The Balaban J connectivity index is 1.95. The minimum Gasteiger partial charge on any atom is -0.450 e. The second-order valence-electron chi connectivity index (χ2n) is 5.92. The molecule has 2 rings (SSSR count). The number of nitrogens with one attached hydrogen (secondary N) is 1. The Morgan fingerprint density at radius 2 is 2.12 bits per heavy atom. The molecule has 1 fully saturated rings. The molecular formula is C17H21F3N2O3. The SMILES string of the molecule is CCOC(=O)N[C@H]1CCCN(C(=O)Cc2cccc(C(F)(F)F)c2)C1. The second kappa shape index (κ2) is 8.22. The maximum absolute atomic E-state index is 12.7. The minimum atomic E-state index is -4.43. The molecule has 0 aliphatic carbocycles. The number of alkyl carbamates (subject to hydrolysis) is 1. The summed E-state index contributed by atoms with van der Waals surface area (Å²) in [4.78, 5) is 25.4. The van der Waals surface area contributed by atoms with Crippen LogP contribution < -0.4 is 5.32 Å². The van der Waals surface area contributed by atoms with E-state index in [9.17, 15) is 22.8 Å². The van der Waals surface area contributed by atoms with Crippen LogP contribution in [0, 0.1) is 0 Å². The lowest BCUT2D eigenvalue weighted by Gasteiger charge is -2.33. The Labute approximate surface area is 144 Å². The lowest BCUT2D eigenvalue weighted by Crippen LogP contribution is -2.50. The number of hydrogen-bond acceptors (Lipinski definition) is 3. The number of carbonyl (C=O) groups excluding carboxylic acids is 2. The molecule has 1 atom stereocenters. The number of alkyl halides is 3. The Morgan fingerprint density at radius 3 is 2.80 bits per heavy atom. The van der Waals surface area contributed by atoms with Gasteiger partial charge >= 0.3 is 12.3 Å². The third-order valence-electron chi connectivity index (χ3n) is 3.98. The van der Waals surface area contributed by atoms with Crippen molar-refractivity contribution in [1.29, 1.82) is 0 Å². The highest BCUT2D eigenvalue weighted by Crippen LogP contribution is 2.29. The third-order valence-corrected chi connectivity index (χ3v) is 3.98. The van der Waals surface area contributed by atoms with Crippen molar-refractivity contribution in [2.45, 2.75) is 38.4 Å². The normalized spacial score (nSPS) is 17.9. The van der Waals surface area contributed by atoms with Crippen LogP contribution in [0.3, 0.4) is 0 Å². The van der Waals surface area contributed by atoms with Crippen LogP contribution in [0.1, 0.15) is 30.9 Å². The average molecular weight is 358 g/mol. The monoisotopic (exact) mass is 358 g/mol. The fourth-order valence-electron chi connectivity index (χ4n) is 2.80. The van der Waals surface area contributed by atoms with Gasteiger partial charge in [-0.05, 0) is 31.4 Å². The first kappa shape index (κ1) is 19.1. The topological polar surface area (TPSA) is 58.6 Å².